The Labute approximate surface area is 144 Å². The number of ether oxygens (including phenoxy) is 1. The number of carbonyl (C=O) groups excluding carboxylic acids is 1. The van der Waals surface area contributed by atoms with Gasteiger partial charge in [-0.1, -0.05) is 41.9 Å². The van der Waals surface area contributed by atoms with E-state index in [1.807, 2.05) is 36.4 Å². The van der Waals surface area contributed by atoms with Crippen molar-refractivity contribution in [3.63, 3.8) is 0 Å². The standard InChI is InChI=1S/C18H14ClN3O2/c19-17-18(21-11-10-20-17)22-12-15(23)14-8-4-5-9-16(14)24-13-6-2-1-3-7-13/h1-11H,12H2,(H,21,22). The second-order valence-electron chi connectivity index (χ2n) is 4.88. The lowest BCUT2D eigenvalue weighted by atomic mass is 10.1. The Hall–Kier alpha value is -2.92. The van der Waals surface area contributed by atoms with Crippen molar-refractivity contribution < 1.29 is 9.53 Å². The van der Waals surface area contributed by atoms with Gasteiger partial charge < -0.3 is 10.1 Å². The van der Waals surface area contributed by atoms with Crippen LogP contribution in [0.1, 0.15) is 10.4 Å². The van der Waals surface area contributed by atoms with E-state index in [0.29, 0.717) is 22.9 Å². The molecule has 1 N–H and O–H groups in total. The van der Waals surface area contributed by atoms with Crippen LogP contribution >= 0.6 is 11.6 Å². The summed E-state index contributed by atoms with van der Waals surface area (Å²) in [6.07, 6.45) is 2.99. The van der Waals surface area contributed by atoms with E-state index in [4.69, 9.17) is 16.3 Å². The molecule has 0 fully saturated rings. The van der Waals surface area contributed by atoms with E-state index in [0.717, 1.165) is 0 Å². The average Bonchev–Trinajstić information content (AvgIpc) is 2.62. The highest BCUT2D eigenvalue weighted by Gasteiger charge is 2.13. The second kappa shape index (κ2) is 7.57. The van der Waals surface area contributed by atoms with Crippen LogP contribution < -0.4 is 10.1 Å². The third-order valence-electron chi connectivity index (χ3n) is 3.23. The van der Waals surface area contributed by atoms with E-state index in [-0.39, 0.29) is 17.5 Å². The number of hydrogen-bond acceptors (Lipinski definition) is 5. The van der Waals surface area contributed by atoms with Crippen molar-refractivity contribution in [2.45, 2.75) is 0 Å². The Bertz CT molecular complexity index is 840. The summed E-state index contributed by atoms with van der Waals surface area (Å²) in [6, 6.07) is 16.4. The highest BCUT2D eigenvalue weighted by atomic mass is 35.5. The summed E-state index contributed by atoms with van der Waals surface area (Å²) in [4.78, 5) is 20.5. The molecule has 120 valence electrons. The van der Waals surface area contributed by atoms with Crippen LogP contribution in [0.2, 0.25) is 5.15 Å². The molecule has 0 aliphatic heterocycles. The molecule has 0 spiro atoms. The molecule has 0 unspecified atom stereocenters. The minimum Gasteiger partial charge on any atom is -0.457 e. The fraction of sp³-hybridized carbons (Fsp3) is 0.0556. The first-order chi connectivity index (χ1) is 11.7. The number of rotatable bonds is 6. The number of anilines is 1. The Morgan fingerprint density at radius 2 is 1.71 bits per heavy atom. The van der Waals surface area contributed by atoms with Crippen LogP contribution in [-0.4, -0.2) is 22.3 Å². The number of aromatic nitrogens is 2. The van der Waals surface area contributed by atoms with Crippen molar-refractivity contribution in [2.75, 3.05) is 11.9 Å². The summed E-state index contributed by atoms with van der Waals surface area (Å²) in [5.74, 6) is 1.40. The molecular weight excluding hydrogens is 326 g/mol. The fourth-order valence-corrected chi connectivity index (χ4v) is 2.27. The van der Waals surface area contributed by atoms with Crippen LogP contribution in [0.25, 0.3) is 0 Å². The van der Waals surface area contributed by atoms with Crippen molar-refractivity contribution in [2.24, 2.45) is 0 Å². The molecule has 0 saturated carbocycles. The fourth-order valence-electron chi connectivity index (χ4n) is 2.10. The molecule has 5 nitrogen and oxygen atoms in total. The van der Waals surface area contributed by atoms with Crippen LogP contribution in [0.5, 0.6) is 11.5 Å². The first-order valence-electron chi connectivity index (χ1n) is 7.29. The van der Waals surface area contributed by atoms with E-state index in [1.54, 1.807) is 18.2 Å². The summed E-state index contributed by atoms with van der Waals surface area (Å²) in [5.41, 5.74) is 0.480. The van der Waals surface area contributed by atoms with Crippen molar-refractivity contribution in [3.8, 4) is 11.5 Å². The molecule has 24 heavy (non-hydrogen) atoms. The summed E-state index contributed by atoms with van der Waals surface area (Å²) in [6.45, 7) is 0.0353. The minimum absolute atomic E-state index is 0.0353. The molecule has 0 aliphatic rings. The number of Topliss-reactive ketones (excluding diaryl/α,β-unsaturated/α-hetero) is 1. The van der Waals surface area contributed by atoms with Crippen LogP contribution in [0.15, 0.2) is 67.0 Å². The summed E-state index contributed by atoms with van der Waals surface area (Å²) in [5, 5.41) is 3.11. The van der Waals surface area contributed by atoms with Gasteiger partial charge in [0.25, 0.3) is 0 Å². The van der Waals surface area contributed by atoms with Gasteiger partial charge in [0.15, 0.2) is 16.8 Å². The monoisotopic (exact) mass is 339 g/mol. The summed E-state index contributed by atoms with van der Waals surface area (Å²) in [7, 11) is 0. The van der Waals surface area contributed by atoms with Gasteiger partial charge in [0.05, 0.1) is 12.1 Å². The van der Waals surface area contributed by atoms with E-state index < -0.39 is 0 Å². The molecule has 1 heterocycles. The Kier molecular flexibility index (Phi) is 5.03. The molecule has 3 rings (SSSR count). The lowest BCUT2D eigenvalue weighted by molar-refractivity contribution is 0.100. The van der Waals surface area contributed by atoms with Crippen LogP contribution in [0.4, 0.5) is 5.82 Å². The zero-order valence-corrected chi connectivity index (χ0v) is 13.4. The van der Waals surface area contributed by atoms with Crippen molar-refractivity contribution in [1.82, 2.24) is 9.97 Å². The normalized spacial score (nSPS) is 10.2. The zero-order chi connectivity index (χ0) is 16.8. The Morgan fingerprint density at radius 1 is 1.00 bits per heavy atom. The number of halogens is 1. The van der Waals surface area contributed by atoms with Gasteiger partial charge in [0.1, 0.15) is 11.5 Å². The first kappa shape index (κ1) is 16.0. The number of carbonyl (C=O) groups is 1. The van der Waals surface area contributed by atoms with Crippen molar-refractivity contribution in [1.29, 1.82) is 0 Å². The number of nitrogens with one attached hydrogen (secondary N) is 1. The molecule has 0 amide bonds. The van der Waals surface area contributed by atoms with Crippen molar-refractivity contribution in [3.05, 3.63) is 77.7 Å². The Morgan fingerprint density at radius 3 is 2.50 bits per heavy atom. The highest BCUT2D eigenvalue weighted by Crippen LogP contribution is 2.25. The second-order valence-corrected chi connectivity index (χ2v) is 5.24. The number of hydrogen-bond donors (Lipinski definition) is 1. The summed E-state index contributed by atoms with van der Waals surface area (Å²) >= 11 is 5.92. The van der Waals surface area contributed by atoms with E-state index >= 15 is 0 Å². The minimum atomic E-state index is -0.136. The van der Waals surface area contributed by atoms with Crippen LogP contribution in [0, 0.1) is 0 Å². The van der Waals surface area contributed by atoms with Gasteiger partial charge >= 0.3 is 0 Å². The topological polar surface area (TPSA) is 64.1 Å². The zero-order valence-electron chi connectivity index (χ0n) is 12.6. The number of nitrogens with zero attached hydrogens (tertiary/aromatic N) is 2. The molecule has 0 bridgehead atoms. The van der Waals surface area contributed by atoms with Gasteiger partial charge in [-0.15, -0.1) is 0 Å². The lowest BCUT2D eigenvalue weighted by Crippen LogP contribution is -2.16. The van der Waals surface area contributed by atoms with Crippen molar-refractivity contribution >= 4 is 23.2 Å². The van der Waals surface area contributed by atoms with Crippen LogP contribution in [0.3, 0.4) is 0 Å². The predicted octanol–water partition coefficient (Wildman–Crippen LogP) is 4.22. The third-order valence-corrected chi connectivity index (χ3v) is 3.51. The molecule has 6 heteroatoms. The van der Waals surface area contributed by atoms with Gasteiger partial charge in [0.2, 0.25) is 0 Å². The molecule has 0 saturated heterocycles. The van der Waals surface area contributed by atoms with Gasteiger partial charge in [-0.3, -0.25) is 4.79 Å². The number of para-hydroxylation sites is 2. The molecular formula is C18H14ClN3O2. The van der Waals surface area contributed by atoms with Gasteiger partial charge in [-0.25, -0.2) is 9.97 Å². The summed E-state index contributed by atoms with van der Waals surface area (Å²) < 4.78 is 5.80. The van der Waals surface area contributed by atoms with E-state index in [2.05, 4.69) is 15.3 Å². The predicted molar refractivity (Wildman–Crippen MR) is 92.8 cm³/mol. The molecule has 3 aromatic rings. The number of ketones is 1. The smallest absolute Gasteiger partial charge is 0.185 e. The van der Waals surface area contributed by atoms with Gasteiger partial charge in [-0.2, -0.15) is 0 Å². The molecule has 2 aromatic carbocycles. The maximum atomic E-state index is 12.5. The van der Waals surface area contributed by atoms with Crippen LogP contribution in [-0.2, 0) is 0 Å². The van der Waals surface area contributed by atoms with Gasteiger partial charge in [0, 0.05) is 12.4 Å². The number of benzene rings is 2. The highest BCUT2D eigenvalue weighted by molar-refractivity contribution is 6.31. The van der Waals surface area contributed by atoms with Gasteiger partial charge in [-0.05, 0) is 24.3 Å². The first-order valence-corrected chi connectivity index (χ1v) is 7.67. The Balaban J connectivity index is 1.74. The SMILES string of the molecule is O=C(CNc1nccnc1Cl)c1ccccc1Oc1ccccc1. The molecule has 0 atom stereocenters. The third kappa shape index (κ3) is 3.88. The average molecular weight is 340 g/mol. The quantitative estimate of drug-likeness (QED) is 0.681. The van der Waals surface area contributed by atoms with E-state index in [9.17, 15) is 4.79 Å². The largest absolute Gasteiger partial charge is 0.457 e. The molecule has 0 aliphatic carbocycles. The van der Waals surface area contributed by atoms with E-state index in [1.165, 1.54) is 12.4 Å². The molecule has 1 aromatic heterocycles. The molecule has 0 radical (unpaired) electrons. The maximum Gasteiger partial charge on any atom is 0.185 e. The lowest BCUT2D eigenvalue weighted by Gasteiger charge is -2.11. The maximum absolute atomic E-state index is 12.5.